The monoisotopic (exact) mass is 311 g/mol. The highest BCUT2D eigenvalue weighted by Gasteiger charge is 2.39. The SMILES string of the molecule is CCOc1ccc(CC(=O)N[C@]2(C)CCS(=O)(=O)C2)cc1. The molecule has 0 saturated carbocycles. The number of rotatable bonds is 5. The van der Waals surface area contributed by atoms with E-state index in [1.165, 1.54) is 0 Å². The number of amides is 1. The Labute approximate surface area is 125 Å². The first kappa shape index (κ1) is 15.8. The Balaban J connectivity index is 1.93. The van der Waals surface area contributed by atoms with Crippen molar-refractivity contribution < 1.29 is 17.9 Å². The van der Waals surface area contributed by atoms with E-state index in [-0.39, 0.29) is 23.8 Å². The van der Waals surface area contributed by atoms with Crippen molar-refractivity contribution in [3.63, 3.8) is 0 Å². The van der Waals surface area contributed by atoms with E-state index < -0.39 is 15.4 Å². The number of ether oxygens (including phenoxy) is 1. The van der Waals surface area contributed by atoms with Crippen LogP contribution in [0.5, 0.6) is 5.75 Å². The average Bonchev–Trinajstić information content (AvgIpc) is 2.65. The predicted molar refractivity (Wildman–Crippen MR) is 81.1 cm³/mol. The molecule has 1 amide bonds. The van der Waals surface area contributed by atoms with Crippen LogP contribution in [0, 0.1) is 0 Å². The van der Waals surface area contributed by atoms with E-state index in [1.54, 1.807) is 6.92 Å². The summed E-state index contributed by atoms with van der Waals surface area (Å²) in [5, 5.41) is 2.85. The molecule has 1 heterocycles. The Bertz CT molecular complexity index is 609. The van der Waals surface area contributed by atoms with Crippen molar-refractivity contribution in [2.24, 2.45) is 0 Å². The third-order valence-corrected chi connectivity index (χ3v) is 5.45. The van der Waals surface area contributed by atoms with Crippen molar-refractivity contribution in [1.29, 1.82) is 0 Å². The van der Waals surface area contributed by atoms with Gasteiger partial charge in [0.15, 0.2) is 9.84 Å². The number of carbonyl (C=O) groups is 1. The molecule has 0 bridgehead atoms. The van der Waals surface area contributed by atoms with Gasteiger partial charge in [0.2, 0.25) is 5.91 Å². The zero-order valence-corrected chi connectivity index (χ0v) is 13.2. The van der Waals surface area contributed by atoms with Crippen LogP contribution >= 0.6 is 0 Å². The quantitative estimate of drug-likeness (QED) is 0.890. The van der Waals surface area contributed by atoms with Gasteiger partial charge in [0.05, 0.1) is 30.1 Å². The number of benzene rings is 1. The molecule has 5 nitrogen and oxygen atoms in total. The molecule has 0 spiro atoms. The lowest BCUT2D eigenvalue weighted by Gasteiger charge is -2.23. The lowest BCUT2D eigenvalue weighted by atomic mass is 10.0. The molecule has 1 N–H and O–H groups in total. The molecule has 1 aromatic rings. The van der Waals surface area contributed by atoms with Gasteiger partial charge in [0.25, 0.3) is 0 Å². The smallest absolute Gasteiger partial charge is 0.224 e. The summed E-state index contributed by atoms with van der Waals surface area (Å²) in [5.74, 6) is 0.788. The Morgan fingerprint density at radius 3 is 2.52 bits per heavy atom. The van der Waals surface area contributed by atoms with E-state index in [1.807, 2.05) is 31.2 Å². The summed E-state index contributed by atoms with van der Waals surface area (Å²) in [6, 6.07) is 7.35. The van der Waals surface area contributed by atoms with E-state index in [0.29, 0.717) is 13.0 Å². The molecule has 21 heavy (non-hydrogen) atoms. The molecule has 1 saturated heterocycles. The fraction of sp³-hybridized carbons (Fsp3) is 0.533. The Kier molecular flexibility index (Phi) is 4.56. The summed E-state index contributed by atoms with van der Waals surface area (Å²) in [4.78, 5) is 12.1. The second kappa shape index (κ2) is 6.05. The highest BCUT2D eigenvalue weighted by molar-refractivity contribution is 7.91. The van der Waals surface area contributed by atoms with E-state index in [9.17, 15) is 13.2 Å². The van der Waals surface area contributed by atoms with Gasteiger partial charge in [-0.1, -0.05) is 12.1 Å². The van der Waals surface area contributed by atoms with Gasteiger partial charge in [0, 0.05) is 0 Å². The molecule has 6 heteroatoms. The molecule has 1 aliphatic heterocycles. The molecule has 0 aromatic heterocycles. The Hall–Kier alpha value is -1.56. The number of carbonyl (C=O) groups excluding carboxylic acids is 1. The minimum absolute atomic E-state index is 0.0228. The Morgan fingerprint density at radius 1 is 1.33 bits per heavy atom. The first-order chi connectivity index (χ1) is 9.82. The van der Waals surface area contributed by atoms with Gasteiger partial charge in [-0.15, -0.1) is 0 Å². The second-order valence-corrected chi connectivity index (χ2v) is 7.89. The maximum absolute atomic E-state index is 12.1. The molecule has 116 valence electrons. The highest BCUT2D eigenvalue weighted by Crippen LogP contribution is 2.23. The number of nitrogens with one attached hydrogen (secondary N) is 1. The molecule has 0 radical (unpaired) electrons. The van der Waals surface area contributed by atoms with Crippen LogP contribution in [0.25, 0.3) is 0 Å². The van der Waals surface area contributed by atoms with Gasteiger partial charge in [-0.05, 0) is 38.0 Å². The lowest BCUT2D eigenvalue weighted by molar-refractivity contribution is -0.121. The third-order valence-electron chi connectivity index (χ3n) is 3.54. The van der Waals surface area contributed by atoms with Crippen LogP contribution in [0.2, 0.25) is 0 Å². The summed E-state index contributed by atoms with van der Waals surface area (Å²) >= 11 is 0. The maximum Gasteiger partial charge on any atom is 0.224 e. The molecule has 0 unspecified atom stereocenters. The first-order valence-corrected chi connectivity index (χ1v) is 8.87. The van der Waals surface area contributed by atoms with Crippen molar-refractivity contribution in [1.82, 2.24) is 5.32 Å². The molecular weight excluding hydrogens is 290 g/mol. The van der Waals surface area contributed by atoms with Gasteiger partial charge in [-0.25, -0.2) is 8.42 Å². The van der Waals surface area contributed by atoms with Crippen molar-refractivity contribution in [3.05, 3.63) is 29.8 Å². The van der Waals surface area contributed by atoms with Crippen LogP contribution < -0.4 is 10.1 Å². The van der Waals surface area contributed by atoms with Crippen LogP contribution in [0.15, 0.2) is 24.3 Å². The number of hydrogen-bond acceptors (Lipinski definition) is 4. The molecule has 1 aromatic carbocycles. The van der Waals surface area contributed by atoms with Crippen molar-refractivity contribution in [2.75, 3.05) is 18.1 Å². The van der Waals surface area contributed by atoms with Gasteiger partial charge < -0.3 is 10.1 Å². The summed E-state index contributed by atoms with van der Waals surface area (Å²) in [5.41, 5.74) is 0.238. The predicted octanol–water partition coefficient (Wildman–Crippen LogP) is 1.32. The van der Waals surface area contributed by atoms with Gasteiger partial charge in [-0.3, -0.25) is 4.79 Å². The first-order valence-electron chi connectivity index (χ1n) is 7.05. The lowest BCUT2D eigenvalue weighted by Crippen LogP contribution is -2.47. The van der Waals surface area contributed by atoms with Crippen LogP contribution in [0.4, 0.5) is 0 Å². The maximum atomic E-state index is 12.1. The minimum Gasteiger partial charge on any atom is -0.494 e. The van der Waals surface area contributed by atoms with Gasteiger partial charge in [-0.2, -0.15) is 0 Å². The molecule has 1 atom stereocenters. The van der Waals surface area contributed by atoms with E-state index in [2.05, 4.69) is 5.32 Å². The zero-order valence-electron chi connectivity index (χ0n) is 12.4. The third kappa shape index (κ3) is 4.46. The van der Waals surface area contributed by atoms with Gasteiger partial charge >= 0.3 is 0 Å². The van der Waals surface area contributed by atoms with Crippen LogP contribution in [-0.4, -0.2) is 38.0 Å². The normalized spacial score (nSPS) is 23.7. The van der Waals surface area contributed by atoms with E-state index in [4.69, 9.17) is 4.74 Å². The topological polar surface area (TPSA) is 72.5 Å². The van der Waals surface area contributed by atoms with Crippen molar-refractivity contribution in [3.8, 4) is 5.75 Å². The minimum atomic E-state index is -3.02. The summed E-state index contributed by atoms with van der Waals surface area (Å²) in [6.07, 6.45) is 0.715. The summed E-state index contributed by atoms with van der Waals surface area (Å²) in [6.45, 7) is 4.30. The Morgan fingerprint density at radius 2 is 2.00 bits per heavy atom. The fourth-order valence-electron chi connectivity index (χ4n) is 2.55. The summed E-state index contributed by atoms with van der Waals surface area (Å²) in [7, 11) is -3.02. The van der Waals surface area contributed by atoms with Crippen molar-refractivity contribution >= 4 is 15.7 Å². The van der Waals surface area contributed by atoms with Crippen LogP contribution in [0.3, 0.4) is 0 Å². The van der Waals surface area contributed by atoms with Crippen LogP contribution in [0.1, 0.15) is 25.8 Å². The highest BCUT2D eigenvalue weighted by atomic mass is 32.2. The summed E-state index contributed by atoms with van der Waals surface area (Å²) < 4.78 is 28.4. The standard InChI is InChI=1S/C15H21NO4S/c1-3-20-13-6-4-12(5-7-13)10-14(17)16-15(2)8-9-21(18,19)11-15/h4-7H,3,8-11H2,1-2H3,(H,16,17)/t15-/m1/s1. The second-order valence-electron chi connectivity index (χ2n) is 5.70. The number of sulfone groups is 1. The van der Waals surface area contributed by atoms with Crippen LogP contribution in [-0.2, 0) is 21.1 Å². The molecule has 2 rings (SSSR count). The molecule has 0 aliphatic carbocycles. The zero-order chi connectivity index (χ0) is 15.5. The largest absolute Gasteiger partial charge is 0.494 e. The van der Waals surface area contributed by atoms with E-state index in [0.717, 1.165) is 11.3 Å². The molecule has 1 aliphatic rings. The van der Waals surface area contributed by atoms with Gasteiger partial charge in [0.1, 0.15) is 5.75 Å². The number of hydrogen-bond donors (Lipinski definition) is 1. The molecular formula is C15H21NO4S. The van der Waals surface area contributed by atoms with Crippen molar-refractivity contribution in [2.45, 2.75) is 32.2 Å². The average molecular weight is 311 g/mol. The van der Waals surface area contributed by atoms with E-state index >= 15 is 0 Å². The molecule has 1 fully saturated rings. The fourth-order valence-corrected chi connectivity index (χ4v) is 4.64.